The van der Waals surface area contributed by atoms with Crippen molar-refractivity contribution in [1.29, 1.82) is 0 Å². The Morgan fingerprint density at radius 1 is 1.67 bits per heavy atom. The molecule has 1 amide bonds. The van der Waals surface area contributed by atoms with Gasteiger partial charge >= 0.3 is 5.97 Å². The van der Waals surface area contributed by atoms with E-state index in [1.165, 1.54) is 17.1 Å². The molecule has 0 aromatic carbocycles. The van der Waals surface area contributed by atoms with Gasteiger partial charge in [-0.15, -0.1) is 0 Å². The van der Waals surface area contributed by atoms with Gasteiger partial charge in [0.05, 0.1) is 18.4 Å². The Bertz CT molecular complexity index is 372. The summed E-state index contributed by atoms with van der Waals surface area (Å²) in [6.07, 6.45) is 2.74. The van der Waals surface area contributed by atoms with E-state index in [1.807, 2.05) is 0 Å². The standard InChI is InChI=1S/C9H13N3O3/c1-3-15-9(14)6(2)12-5-7(4-11-12)8(10)13/h4-6H,3H2,1-2H3,(H2,10,13). The molecule has 1 rings (SSSR count). The van der Waals surface area contributed by atoms with Gasteiger partial charge in [-0.1, -0.05) is 0 Å². The van der Waals surface area contributed by atoms with Gasteiger partial charge < -0.3 is 10.5 Å². The topological polar surface area (TPSA) is 87.2 Å². The largest absolute Gasteiger partial charge is 0.464 e. The molecule has 6 heteroatoms. The molecule has 0 bridgehead atoms. The quantitative estimate of drug-likeness (QED) is 0.716. The third kappa shape index (κ3) is 2.55. The maximum absolute atomic E-state index is 11.3. The van der Waals surface area contributed by atoms with E-state index in [2.05, 4.69) is 5.10 Å². The normalized spacial score (nSPS) is 12.1. The highest BCUT2D eigenvalue weighted by atomic mass is 16.5. The first-order valence-electron chi connectivity index (χ1n) is 4.56. The number of nitrogens with zero attached hydrogens (tertiary/aromatic N) is 2. The van der Waals surface area contributed by atoms with Crippen molar-refractivity contribution in [2.24, 2.45) is 5.73 Å². The number of carbonyl (C=O) groups excluding carboxylic acids is 2. The number of esters is 1. The highest BCUT2D eigenvalue weighted by Gasteiger charge is 2.17. The Labute approximate surface area is 87.0 Å². The van der Waals surface area contributed by atoms with Gasteiger partial charge in [0.2, 0.25) is 0 Å². The number of hydrogen-bond acceptors (Lipinski definition) is 4. The fourth-order valence-corrected chi connectivity index (χ4v) is 1.05. The molecule has 0 saturated heterocycles. The summed E-state index contributed by atoms with van der Waals surface area (Å²) in [5.41, 5.74) is 5.32. The third-order valence-corrected chi connectivity index (χ3v) is 1.91. The monoisotopic (exact) mass is 211 g/mol. The molecule has 1 unspecified atom stereocenters. The molecule has 0 spiro atoms. The lowest BCUT2D eigenvalue weighted by Crippen LogP contribution is -2.19. The van der Waals surface area contributed by atoms with E-state index in [1.54, 1.807) is 13.8 Å². The number of carbonyl (C=O) groups is 2. The van der Waals surface area contributed by atoms with E-state index >= 15 is 0 Å². The summed E-state index contributed by atoms with van der Waals surface area (Å²) in [5, 5.41) is 3.86. The van der Waals surface area contributed by atoms with Crippen LogP contribution < -0.4 is 5.73 Å². The molecule has 15 heavy (non-hydrogen) atoms. The second-order valence-corrected chi connectivity index (χ2v) is 3.00. The molecule has 1 heterocycles. The van der Waals surface area contributed by atoms with Crippen LogP contribution in [0.3, 0.4) is 0 Å². The van der Waals surface area contributed by atoms with Gasteiger partial charge in [-0.05, 0) is 13.8 Å². The fraction of sp³-hybridized carbons (Fsp3) is 0.444. The van der Waals surface area contributed by atoms with E-state index in [0.717, 1.165) is 0 Å². The first kappa shape index (κ1) is 11.2. The molecule has 0 radical (unpaired) electrons. The molecular weight excluding hydrogens is 198 g/mol. The molecule has 0 saturated carbocycles. The summed E-state index contributed by atoms with van der Waals surface area (Å²) in [5.74, 6) is -0.964. The van der Waals surface area contributed by atoms with Gasteiger partial charge in [0.25, 0.3) is 5.91 Å². The zero-order valence-electron chi connectivity index (χ0n) is 8.64. The van der Waals surface area contributed by atoms with Crippen LogP contribution in [0.2, 0.25) is 0 Å². The van der Waals surface area contributed by atoms with Gasteiger partial charge in [0.15, 0.2) is 0 Å². The predicted octanol–water partition coefficient (Wildman–Crippen LogP) is 0.106. The van der Waals surface area contributed by atoms with Gasteiger partial charge in [0, 0.05) is 6.20 Å². The number of hydrogen-bond donors (Lipinski definition) is 1. The van der Waals surface area contributed by atoms with Crippen molar-refractivity contribution in [3.8, 4) is 0 Å². The number of nitrogens with two attached hydrogens (primary N) is 1. The van der Waals surface area contributed by atoms with Crippen LogP contribution in [0.4, 0.5) is 0 Å². The van der Waals surface area contributed by atoms with Crippen molar-refractivity contribution >= 4 is 11.9 Å². The number of rotatable bonds is 4. The molecule has 82 valence electrons. The van der Waals surface area contributed by atoms with Crippen LogP contribution in [-0.2, 0) is 9.53 Å². The average Bonchev–Trinajstić information content (AvgIpc) is 2.65. The molecule has 1 atom stereocenters. The first-order valence-corrected chi connectivity index (χ1v) is 4.56. The molecule has 6 nitrogen and oxygen atoms in total. The maximum Gasteiger partial charge on any atom is 0.330 e. The number of ether oxygens (including phenoxy) is 1. The molecule has 1 aromatic rings. The minimum Gasteiger partial charge on any atom is -0.464 e. The van der Waals surface area contributed by atoms with Crippen molar-refractivity contribution in [3.05, 3.63) is 18.0 Å². The van der Waals surface area contributed by atoms with Crippen LogP contribution in [0.1, 0.15) is 30.2 Å². The van der Waals surface area contributed by atoms with E-state index < -0.39 is 17.9 Å². The first-order chi connectivity index (χ1) is 7.06. The Kier molecular flexibility index (Phi) is 3.43. The Hall–Kier alpha value is -1.85. The minimum atomic E-state index is -0.572. The van der Waals surface area contributed by atoms with Crippen LogP contribution in [0.25, 0.3) is 0 Å². The van der Waals surface area contributed by atoms with E-state index in [-0.39, 0.29) is 5.56 Å². The SMILES string of the molecule is CCOC(=O)C(C)n1cc(C(N)=O)cn1. The lowest BCUT2D eigenvalue weighted by molar-refractivity contribution is -0.146. The summed E-state index contributed by atoms with van der Waals surface area (Å²) in [4.78, 5) is 22.1. The van der Waals surface area contributed by atoms with E-state index in [0.29, 0.717) is 6.61 Å². The highest BCUT2D eigenvalue weighted by molar-refractivity contribution is 5.92. The molecule has 0 aliphatic carbocycles. The van der Waals surface area contributed by atoms with Gasteiger partial charge in [-0.3, -0.25) is 9.48 Å². The number of aromatic nitrogens is 2. The van der Waals surface area contributed by atoms with Crippen LogP contribution in [0.15, 0.2) is 12.4 Å². The average molecular weight is 211 g/mol. The summed E-state index contributed by atoms with van der Waals surface area (Å²) < 4.78 is 6.16. The number of primary amides is 1. The summed E-state index contributed by atoms with van der Waals surface area (Å²) in [6, 6.07) is -0.557. The Balaban J connectivity index is 2.78. The Morgan fingerprint density at radius 2 is 2.33 bits per heavy atom. The van der Waals surface area contributed by atoms with Gasteiger partial charge in [0.1, 0.15) is 6.04 Å². The minimum absolute atomic E-state index is 0.270. The van der Waals surface area contributed by atoms with Crippen LogP contribution in [0, 0.1) is 0 Å². The predicted molar refractivity (Wildman–Crippen MR) is 52.1 cm³/mol. The van der Waals surface area contributed by atoms with Crippen molar-refractivity contribution in [2.75, 3.05) is 6.61 Å². The molecule has 0 aliphatic heterocycles. The Morgan fingerprint density at radius 3 is 2.80 bits per heavy atom. The van der Waals surface area contributed by atoms with Crippen molar-refractivity contribution in [1.82, 2.24) is 9.78 Å². The zero-order valence-corrected chi connectivity index (χ0v) is 8.64. The maximum atomic E-state index is 11.3. The van der Waals surface area contributed by atoms with Gasteiger partial charge in [-0.2, -0.15) is 5.10 Å². The molecule has 0 fully saturated rings. The lowest BCUT2D eigenvalue weighted by atomic mass is 10.3. The smallest absolute Gasteiger partial charge is 0.330 e. The highest BCUT2D eigenvalue weighted by Crippen LogP contribution is 2.08. The third-order valence-electron chi connectivity index (χ3n) is 1.91. The van der Waals surface area contributed by atoms with Crippen molar-refractivity contribution < 1.29 is 14.3 Å². The summed E-state index contributed by atoms with van der Waals surface area (Å²) >= 11 is 0. The summed E-state index contributed by atoms with van der Waals surface area (Å²) in [7, 11) is 0. The summed E-state index contributed by atoms with van der Waals surface area (Å²) in [6.45, 7) is 3.67. The fourth-order valence-electron chi connectivity index (χ4n) is 1.05. The molecule has 2 N–H and O–H groups in total. The molecule has 1 aromatic heterocycles. The zero-order chi connectivity index (χ0) is 11.4. The van der Waals surface area contributed by atoms with E-state index in [9.17, 15) is 9.59 Å². The van der Waals surface area contributed by atoms with Gasteiger partial charge in [-0.25, -0.2) is 4.79 Å². The second kappa shape index (κ2) is 4.59. The van der Waals surface area contributed by atoms with Crippen LogP contribution in [-0.4, -0.2) is 28.3 Å². The molecule has 0 aliphatic rings. The molecular formula is C9H13N3O3. The number of amides is 1. The second-order valence-electron chi connectivity index (χ2n) is 3.00. The van der Waals surface area contributed by atoms with E-state index in [4.69, 9.17) is 10.5 Å². The van der Waals surface area contributed by atoms with Crippen molar-refractivity contribution in [2.45, 2.75) is 19.9 Å². The van der Waals surface area contributed by atoms with Crippen LogP contribution in [0.5, 0.6) is 0 Å². The van der Waals surface area contributed by atoms with Crippen LogP contribution >= 0.6 is 0 Å². The lowest BCUT2D eigenvalue weighted by Gasteiger charge is -2.10. The van der Waals surface area contributed by atoms with Crippen molar-refractivity contribution in [3.63, 3.8) is 0 Å².